The van der Waals surface area contributed by atoms with E-state index in [1.165, 1.54) is 22.3 Å². The van der Waals surface area contributed by atoms with Crippen LogP contribution < -0.4 is 15.2 Å². The van der Waals surface area contributed by atoms with Crippen LogP contribution in [0.1, 0.15) is 35.1 Å². The molecule has 1 aromatic carbocycles. The van der Waals surface area contributed by atoms with Crippen molar-refractivity contribution in [3.63, 3.8) is 0 Å². The van der Waals surface area contributed by atoms with Gasteiger partial charge in [0.2, 0.25) is 0 Å². The van der Waals surface area contributed by atoms with Gasteiger partial charge >= 0.3 is 0 Å². The third kappa shape index (κ3) is 1.45. The average Bonchev–Trinajstić information content (AvgIpc) is 2.96. The molecule has 0 fully saturated rings. The SMILES string of the molecule is Cc1c2c(c(C(C)CN)c3c1OCC3)OCC2. The standard InChI is InChI=1S/C14H19NO2/c1-8(7-15)12-11-4-6-16-13(11)9(2)10-3-5-17-14(10)12/h8H,3-7,15H2,1-2H3. The highest BCUT2D eigenvalue weighted by atomic mass is 16.5. The second-order valence-corrected chi connectivity index (χ2v) is 4.99. The molecular weight excluding hydrogens is 214 g/mol. The molecule has 1 aromatic rings. The molecule has 3 nitrogen and oxygen atoms in total. The highest BCUT2D eigenvalue weighted by molar-refractivity contribution is 5.62. The normalized spacial score (nSPS) is 18.3. The lowest BCUT2D eigenvalue weighted by Crippen LogP contribution is -2.12. The summed E-state index contributed by atoms with van der Waals surface area (Å²) < 4.78 is 11.6. The van der Waals surface area contributed by atoms with Crippen LogP contribution in [0.4, 0.5) is 0 Å². The van der Waals surface area contributed by atoms with Gasteiger partial charge in [-0.25, -0.2) is 0 Å². The summed E-state index contributed by atoms with van der Waals surface area (Å²) in [5, 5.41) is 0. The average molecular weight is 233 g/mol. The van der Waals surface area contributed by atoms with Crippen molar-refractivity contribution in [3.8, 4) is 11.5 Å². The van der Waals surface area contributed by atoms with E-state index in [2.05, 4.69) is 13.8 Å². The number of hydrogen-bond acceptors (Lipinski definition) is 3. The summed E-state index contributed by atoms with van der Waals surface area (Å²) >= 11 is 0. The summed E-state index contributed by atoms with van der Waals surface area (Å²) in [7, 11) is 0. The molecule has 0 saturated carbocycles. The molecule has 0 bridgehead atoms. The zero-order valence-corrected chi connectivity index (χ0v) is 10.5. The number of nitrogens with two attached hydrogens (primary N) is 1. The Morgan fingerprint density at radius 1 is 1.12 bits per heavy atom. The van der Waals surface area contributed by atoms with Gasteiger partial charge in [-0.3, -0.25) is 0 Å². The molecule has 2 aliphatic rings. The van der Waals surface area contributed by atoms with Gasteiger partial charge in [0.15, 0.2) is 0 Å². The quantitative estimate of drug-likeness (QED) is 0.849. The van der Waals surface area contributed by atoms with Crippen molar-refractivity contribution in [2.45, 2.75) is 32.6 Å². The Balaban J connectivity index is 2.26. The van der Waals surface area contributed by atoms with Crippen LogP contribution in [0.3, 0.4) is 0 Å². The highest BCUT2D eigenvalue weighted by Crippen LogP contribution is 2.46. The van der Waals surface area contributed by atoms with Crippen LogP contribution in [0, 0.1) is 6.92 Å². The van der Waals surface area contributed by atoms with E-state index < -0.39 is 0 Å². The minimum atomic E-state index is 0.345. The molecule has 1 unspecified atom stereocenters. The van der Waals surface area contributed by atoms with Gasteiger partial charge in [0.25, 0.3) is 0 Å². The van der Waals surface area contributed by atoms with Crippen molar-refractivity contribution < 1.29 is 9.47 Å². The van der Waals surface area contributed by atoms with Crippen molar-refractivity contribution in [3.05, 3.63) is 22.3 Å². The molecule has 3 rings (SSSR count). The van der Waals surface area contributed by atoms with E-state index in [0.29, 0.717) is 12.5 Å². The van der Waals surface area contributed by atoms with Crippen molar-refractivity contribution in [2.75, 3.05) is 19.8 Å². The highest BCUT2D eigenvalue weighted by Gasteiger charge is 2.31. The third-order valence-electron chi connectivity index (χ3n) is 3.95. The molecule has 17 heavy (non-hydrogen) atoms. The van der Waals surface area contributed by atoms with E-state index in [1.807, 2.05) is 0 Å². The van der Waals surface area contributed by atoms with Gasteiger partial charge in [-0.15, -0.1) is 0 Å². The molecule has 2 aliphatic heterocycles. The molecule has 0 spiro atoms. The molecule has 2 heterocycles. The zero-order chi connectivity index (χ0) is 12.0. The molecule has 0 radical (unpaired) electrons. The van der Waals surface area contributed by atoms with Gasteiger partial charge in [0.05, 0.1) is 13.2 Å². The van der Waals surface area contributed by atoms with Crippen molar-refractivity contribution >= 4 is 0 Å². The fourth-order valence-corrected chi connectivity index (χ4v) is 3.01. The van der Waals surface area contributed by atoms with E-state index in [-0.39, 0.29) is 0 Å². The van der Waals surface area contributed by atoms with Crippen molar-refractivity contribution in [2.24, 2.45) is 5.73 Å². The van der Waals surface area contributed by atoms with Gasteiger partial charge in [0, 0.05) is 29.5 Å². The van der Waals surface area contributed by atoms with Crippen molar-refractivity contribution in [1.29, 1.82) is 0 Å². The largest absolute Gasteiger partial charge is 0.493 e. The maximum atomic E-state index is 5.85. The summed E-state index contributed by atoms with van der Waals surface area (Å²) in [6, 6.07) is 0. The van der Waals surface area contributed by atoms with E-state index in [0.717, 1.165) is 37.6 Å². The lowest BCUT2D eigenvalue weighted by atomic mass is 9.88. The molecule has 0 aliphatic carbocycles. The van der Waals surface area contributed by atoms with Gasteiger partial charge in [-0.05, 0) is 24.9 Å². The van der Waals surface area contributed by atoms with Crippen LogP contribution in [-0.4, -0.2) is 19.8 Å². The molecule has 2 N–H and O–H groups in total. The number of benzene rings is 1. The molecule has 0 amide bonds. The maximum Gasteiger partial charge on any atom is 0.126 e. The fourth-order valence-electron chi connectivity index (χ4n) is 3.01. The topological polar surface area (TPSA) is 44.5 Å². The second kappa shape index (κ2) is 3.91. The predicted molar refractivity (Wildman–Crippen MR) is 67.0 cm³/mol. The minimum Gasteiger partial charge on any atom is -0.493 e. The van der Waals surface area contributed by atoms with Crippen molar-refractivity contribution in [1.82, 2.24) is 0 Å². The minimum absolute atomic E-state index is 0.345. The molecule has 1 atom stereocenters. The summed E-state index contributed by atoms with van der Waals surface area (Å²) in [5.41, 5.74) is 11.1. The Kier molecular flexibility index (Phi) is 2.51. The first kappa shape index (κ1) is 10.9. The Bertz CT molecular complexity index is 433. The summed E-state index contributed by atoms with van der Waals surface area (Å²) in [4.78, 5) is 0. The predicted octanol–water partition coefficient (Wildman–Crippen LogP) is 1.93. The molecule has 3 heteroatoms. The Morgan fingerprint density at radius 3 is 2.47 bits per heavy atom. The Hall–Kier alpha value is -1.22. The van der Waals surface area contributed by atoms with Gasteiger partial charge in [0.1, 0.15) is 11.5 Å². The Morgan fingerprint density at radius 2 is 1.76 bits per heavy atom. The molecular formula is C14H19NO2. The lowest BCUT2D eigenvalue weighted by molar-refractivity contribution is 0.351. The van der Waals surface area contributed by atoms with Crippen LogP contribution in [0.5, 0.6) is 11.5 Å². The summed E-state index contributed by atoms with van der Waals surface area (Å²) in [5.74, 6) is 2.55. The summed E-state index contributed by atoms with van der Waals surface area (Å²) in [6.07, 6.45) is 1.99. The first-order valence-corrected chi connectivity index (χ1v) is 6.38. The number of hydrogen-bond donors (Lipinski definition) is 1. The number of fused-ring (bicyclic) bond motifs is 2. The molecule has 92 valence electrons. The lowest BCUT2D eigenvalue weighted by Gasteiger charge is -2.19. The van der Waals surface area contributed by atoms with Crippen LogP contribution in [0.15, 0.2) is 0 Å². The van der Waals surface area contributed by atoms with E-state index in [9.17, 15) is 0 Å². The Labute approximate surface area is 102 Å². The maximum absolute atomic E-state index is 5.85. The van der Waals surface area contributed by atoms with Gasteiger partial charge in [-0.1, -0.05) is 6.92 Å². The monoisotopic (exact) mass is 233 g/mol. The first-order chi connectivity index (χ1) is 8.24. The summed E-state index contributed by atoms with van der Waals surface area (Å²) in [6.45, 7) is 6.57. The van der Waals surface area contributed by atoms with Crippen LogP contribution in [-0.2, 0) is 12.8 Å². The third-order valence-corrected chi connectivity index (χ3v) is 3.95. The van der Waals surface area contributed by atoms with E-state index >= 15 is 0 Å². The zero-order valence-electron chi connectivity index (χ0n) is 10.5. The van der Waals surface area contributed by atoms with Crippen LogP contribution in [0.25, 0.3) is 0 Å². The smallest absolute Gasteiger partial charge is 0.126 e. The molecule has 0 aromatic heterocycles. The van der Waals surface area contributed by atoms with Crippen LogP contribution in [0.2, 0.25) is 0 Å². The van der Waals surface area contributed by atoms with Gasteiger partial charge in [-0.2, -0.15) is 0 Å². The van der Waals surface area contributed by atoms with Crippen LogP contribution >= 0.6 is 0 Å². The second-order valence-electron chi connectivity index (χ2n) is 4.99. The van der Waals surface area contributed by atoms with E-state index in [1.54, 1.807) is 0 Å². The fraction of sp³-hybridized carbons (Fsp3) is 0.571. The number of rotatable bonds is 2. The van der Waals surface area contributed by atoms with Gasteiger partial charge < -0.3 is 15.2 Å². The first-order valence-electron chi connectivity index (χ1n) is 6.38. The van der Waals surface area contributed by atoms with E-state index in [4.69, 9.17) is 15.2 Å². The molecule has 0 saturated heterocycles. The number of ether oxygens (including phenoxy) is 2.